The van der Waals surface area contributed by atoms with Gasteiger partial charge in [0.2, 0.25) is 10.0 Å². The number of rotatable bonds is 5. The highest BCUT2D eigenvalue weighted by Crippen LogP contribution is 2.23. The van der Waals surface area contributed by atoms with Gasteiger partial charge in [-0.2, -0.15) is 4.31 Å². The number of benzene rings is 2. The minimum Gasteiger partial charge on any atom is -0.386 e. The Kier molecular flexibility index (Phi) is 6.33. The lowest BCUT2D eigenvalue weighted by atomic mass is 10.2. The van der Waals surface area contributed by atoms with E-state index in [4.69, 9.17) is 17.3 Å². The molecule has 0 atom stereocenters. The standard InChI is InChI=1S/C19H21ClN4O3S/c20-14-18(21)22-16-7-4-8-17(13-16)28(26,27)24-11-9-23(10-12-24)19(25)15-5-2-1-3-6-15/h1-8,13H,9-12,14H2,(H2,21,22). The number of carbonyl (C=O) groups is 1. The van der Waals surface area contributed by atoms with Crippen molar-refractivity contribution in [3.63, 3.8) is 0 Å². The molecule has 3 rings (SSSR count). The Balaban J connectivity index is 1.71. The molecule has 0 aliphatic carbocycles. The van der Waals surface area contributed by atoms with Crippen molar-refractivity contribution >= 4 is 39.1 Å². The van der Waals surface area contributed by atoms with Crippen molar-refractivity contribution in [3.8, 4) is 0 Å². The average Bonchev–Trinajstić information content (AvgIpc) is 2.74. The Morgan fingerprint density at radius 1 is 1.04 bits per heavy atom. The molecule has 0 unspecified atom stereocenters. The summed E-state index contributed by atoms with van der Waals surface area (Å²) in [4.78, 5) is 18.4. The second-order valence-electron chi connectivity index (χ2n) is 6.30. The molecule has 148 valence electrons. The molecule has 0 bridgehead atoms. The number of hydrogen-bond acceptors (Lipinski definition) is 4. The van der Waals surface area contributed by atoms with Crippen LogP contribution in [0.1, 0.15) is 10.4 Å². The normalized spacial score (nSPS) is 16.2. The quantitative estimate of drug-likeness (QED) is 0.455. The number of amidine groups is 1. The zero-order valence-electron chi connectivity index (χ0n) is 15.2. The number of aliphatic imine (C=N–C) groups is 1. The Labute approximate surface area is 169 Å². The van der Waals surface area contributed by atoms with Crippen molar-refractivity contribution < 1.29 is 13.2 Å². The van der Waals surface area contributed by atoms with Gasteiger partial charge >= 0.3 is 0 Å². The van der Waals surface area contributed by atoms with Crippen LogP contribution < -0.4 is 5.73 Å². The number of alkyl halides is 1. The van der Waals surface area contributed by atoms with E-state index >= 15 is 0 Å². The first-order valence-corrected chi connectivity index (χ1v) is 10.7. The zero-order chi connectivity index (χ0) is 20.1. The van der Waals surface area contributed by atoms with Gasteiger partial charge in [-0.3, -0.25) is 4.79 Å². The number of nitrogens with two attached hydrogens (primary N) is 1. The monoisotopic (exact) mass is 420 g/mol. The van der Waals surface area contributed by atoms with Gasteiger partial charge in [0.25, 0.3) is 5.91 Å². The maximum Gasteiger partial charge on any atom is 0.253 e. The Morgan fingerprint density at radius 3 is 2.36 bits per heavy atom. The SMILES string of the molecule is NC(CCl)=Nc1cccc(S(=O)(=O)N2CCN(C(=O)c3ccccc3)CC2)c1. The van der Waals surface area contributed by atoms with Crippen LogP contribution in [0.25, 0.3) is 0 Å². The van der Waals surface area contributed by atoms with Gasteiger partial charge in [0.1, 0.15) is 5.84 Å². The molecule has 0 radical (unpaired) electrons. The van der Waals surface area contributed by atoms with E-state index in [1.807, 2.05) is 6.07 Å². The first-order chi connectivity index (χ1) is 13.4. The highest BCUT2D eigenvalue weighted by Gasteiger charge is 2.30. The lowest BCUT2D eigenvalue weighted by Crippen LogP contribution is -2.50. The minimum atomic E-state index is -3.69. The van der Waals surface area contributed by atoms with Crippen molar-refractivity contribution in [1.29, 1.82) is 0 Å². The third kappa shape index (κ3) is 4.52. The van der Waals surface area contributed by atoms with Crippen molar-refractivity contribution in [2.24, 2.45) is 10.7 Å². The smallest absolute Gasteiger partial charge is 0.253 e. The van der Waals surface area contributed by atoms with Crippen molar-refractivity contribution in [1.82, 2.24) is 9.21 Å². The molecule has 1 fully saturated rings. The summed E-state index contributed by atoms with van der Waals surface area (Å²) in [5.41, 5.74) is 6.65. The molecule has 0 saturated carbocycles. The predicted molar refractivity (Wildman–Crippen MR) is 110 cm³/mol. The number of carbonyl (C=O) groups excluding carboxylic acids is 1. The van der Waals surface area contributed by atoms with Gasteiger partial charge in [-0.25, -0.2) is 13.4 Å². The van der Waals surface area contributed by atoms with E-state index in [0.29, 0.717) is 24.3 Å². The minimum absolute atomic E-state index is 0.0639. The summed E-state index contributed by atoms with van der Waals surface area (Å²) in [6.07, 6.45) is 0. The molecule has 1 aliphatic rings. The Hall–Kier alpha value is -2.42. The second-order valence-corrected chi connectivity index (χ2v) is 8.50. The number of amides is 1. The van der Waals surface area contributed by atoms with E-state index in [2.05, 4.69) is 4.99 Å². The summed E-state index contributed by atoms with van der Waals surface area (Å²) in [6, 6.07) is 15.2. The summed E-state index contributed by atoms with van der Waals surface area (Å²) in [7, 11) is -3.69. The number of nitrogens with zero attached hydrogens (tertiary/aromatic N) is 3. The summed E-state index contributed by atoms with van der Waals surface area (Å²) >= 11 is 5.62. The van der Waals surface area contributed by atoms with Crippen molar-refractivity contribution in [3.05, 3.63) is 60.2 Å². The predicted octanol–water partition coefficient (Wildman–Crippen LogP) is 2.06. The molecule has 1 heterocycles. The van der Waals surface area contributed by atoms with Gasteiger partial charge in [-0.05, 0) is 30.3 Å². The third-order valence-electron chi connectivity index (χ3n) is 4.41. The van der Waals surface area contributed by atoms with E-state index in [0.717, 1.165) is 0 Å². The van der Waals surface area contributed by atoms with Crippen LogP contribution in [0.3, 0.4) is 0 Å². The van der Waals surface area contributed by atoms with Crippen LogP contribution in [0.4, 0.5) is 5.69 Å². The molecule has 2 aromatic rings. The summed E-state index contributed by atoms with van der Waals surface area (Å²) in [5, 5.41) is 0. The van der Waals surface area contributed by atoms with E-state index in [-0.39, 0.29) is 35.6 Å². The van der Waals surface area contributed by atoms with Crippen LogP contribution in [-0.2, 0) is 10.0 Å². The third-order valence-corrected chi connectivity index (χ3v) is 6.58. The van der Waals surface area contributed by atoms with Crippen LogP contribution in [-0.4, -0.2) is 61.4 Å². The summed E-state index contributed by atoms with van der Waals surface area (Å²) in [5.74, 6) is 0.184. The number of hydrogen-bond donors (Lipinski definition) is 1. The highest BCUT2D eigenvalue weighted by molar-refractivity contribution is 7.89. The zero-order valence-corrected chi connectivity index (χ0v) is 16.7. The van der Waals surface area contributed by atoms with Crippen LogP contribution in [0.5, 0.6) is 0 Å². The van der Waals surface area contributed by atoms with Gasteiger partial charge in [0.05, 0.1) is 16.5 Å². The fourth-order valence-electron chi connectivity index (χ4n) is 2.95. The van der Waals surface area contributed by atoms with Crippen molar-refractivity contribution in [2.75, 3.05) is 32.1 Å². The first kappa shape index (κ1) is 20.3. The van der Waals surface area contributed by atoms with E-state index in [9.17, 15) is 13.2 Å². The largest absolute Gasteiger partial charge is 0.386 e. The number of piperazine rings is 1. The maximum atomic E-state index is 13.0. The van der Waals surface area contributed by atoms with Crippen LogP contribution in [0, 0.1) is 0 Å². The molecule has 0 aromatic heterocycles. The fraction of sp³-hybridized carbons (Fsp3) is 0.263. The lowest BCUT2D eigenvalue weighted by molar-refractivity contribution is 0.0698. The molecular weight excluding hydrogens is 400 g/mol. The molecule has 1 aliphatic heterocycles. The summed E-state index contributed by atoms with van der Waals surface area (Å²) in [6.45, 7) is 1.14. The highest BCUT2D eigenvalue weighted by atomic mass is 35.5. The van der Waals surface area contributed by atoms with Gasteiger partial charge in [0, 0.05) is 31.7 Å². The van der Waals surface area contributed by atoms with Crippen LogP contribution in [0.15, 0.2) is 64.5 Å². The lowest BCUT2D eigenvalue weighted by Gasteiger charge is -2.34. The summed E-state index contributed by atoms with van der Waals surface area (Å²) < 4.78 is 27.3. The molecule has 2 aromatic carbocycles. The molecular formula is C19H21ClN4O3S. The van der Waals surface area contributed by atoms with Gasteiger partial charge in [-0.1, -0.05) is 24.3 Å². The molecule has 0 spiro atoms. The molecule has 2 N–H and O–H groups in total. The fourth-order valence-corrected chi connectivity index (χ4v) is 4.48. The first-order valence-electron chi connectivity index (χ1n) is 8.75. The van der Waals surface area contributed by atoms with Gasteiger partial charge in [0.15, 0.2) is 0 Å². The number of halogens is 1. The van der Waals surface area contributed by atoms with E-state index < -0.39 is 10.0 Å². The average molecular weight is 421 g/mol. The van der Waals surface area contributed by atoms with Crippen LogP contribution >= 0.6 is 11.6 Å². The molecule has 7 nitrogen and oxygen atoms in total. The molecule has 28 heavy (non-hydrogen) atoms. The van der Waals surface area contributed by atoms with Gasteiger partial charge < -0.3 is 10.6 Å². The van der Waals surface area contributed by atoms with Crippen molar-refractivity contribution in [2.45, 2.75) is 4.90 Å². The van der Waals surface area contributed by atoms with E-state index in [1.165, 1.54) is 16.4 Å². The Morgan fingerprint density at radius 2 is 1.71 bits per heavy atom. The second kappa shape index (κ2) is 8.72. The Bertz CT molecular complexity index is 972. The number of sulfonamides is 1. The maximum absolute atomic E-state index is 13.0. The topological polar surface area (TPSA) is 96.1 Å². The molecule has 1 saturated heterocycles. The van der Waals surface area contributed by atoms with Gasteiger partial charge in [-0.15, -0.1) is 11.6 Å². The molecule has 1 amide bonds. The molecule has 9 heteroatoms. The van der Waals surface area contributed by atoms with E-state index in [1.54, 1.807) is 41.3 Å². The van der Waals surface area contributed by atoms with Crippen LogP contribution in [0.2, 0.25) is 0 Å².